The second kappa shape index (κ2) is 9.14. The SMILES string of the molecule is CC.CC(C)(C)CC(=O)Nc1nn2c(c1-c1ccc(F)cn1)CC(C(F)(F)F)CC2. The summed E-state index contributed by atoms with van der Waals surface area (Å²) >= 11 is 0. The van der Waals surface area contributed by atoms with Crippen LogP contribution in [0.2, 0.25) is 0 Å². The molecule has 3 heterocycles. The minimum absolute atomic E-state index is 0.0795. The number of nitrogens with zero attached hydrogens (tertiary/aromatic N) is 3. The van der Waals surface area contributed by atoms with Crippen molar-refractivity contribution in [3.63, 3.8) is 0 Å². The van der Waals surface area contributed by atoms with E-state index in [-0.39, 0.29) is 48.6 Å². The molecule has 2 aromatic heterocycles. The van der Waals surface area contributed by atoms with Gasteiger partial charge in [-0.3, -0.25) is 14.5 Å². The van der Waals surface area contributed by atoms with E-state index in [1.54, 1.807) is 0 Å². The van der Waals surface area contributed by atoms with Crippen LogP contribution in [0, 0.1) is 17.2 Å². The Morgan fingerprint density at radius 1 is 1.23 bits per heavy atom. The van der Waals surface area contributed by atoms with Gasteiger partial charge in [-0.05, 0) is 24.0 Å². The fraction of sp³-hybridized carbons (Fsp3) is 0.571. The molecule has 1 unspecified atom stereocenters. The second-order valence-corrected chi connectivity index (χ2v) is 8.27. The van der Waals surface area contributed by atoms with Crippen LogP contribution in [0.25, 0.3) is 11.3 Å². The molecule has 9 heteroatoms. The van der Waals surface area contributed by atoms with Crippen molar-refractivity contribution in [2.45, 2.75) is 66.6 Å². The van der Waals surface area contributed by atoms with Crippen LogP contribution >= 0.6 is 0 Å². The molecule has 1 atom stereocenters. The number of carbonyl (C=O) groups excluding carboxylic acids is 1. The Morgan fingerprint density at radius 3 is 2.43 bits per heavy atom. The van der Waals surface area contributed by atoms with Gasteiger partial charge in [0.05, 0.1) is 29.1 Å². The molecule has 1 N–H and O–H groups in total. The molecule has 0 fully saturated rings. The number of amides is 1. The molecule has 0 aromatic carbocycles. The Hall–Kier alpha value is -2.45. The Labute approximate surface area is 173 Å². The highest BCUT2D eigenvalue weighted by Crippen LogP contribution is 2.40. The highest BCUT2D eigenvalue weighted by molar-refractivity contribution is 5.94. The lowest BCUT2D eigenvalue weighted by Crippen LogP contribution is -2.31. The standard InChI is InChI=1S/C19H22F4N4O.C2H6/c1-18(2,3)9-15(28)25-17-16(13-5-4-12(20)10-24-13)14-8-11(19(21,22)23)6-7-27(14)26-17;1-2/h4-5,10-11H,6-9H2,1-3H3,(H,25,26,28);1-2H3. The molecule has 2 aromatic rings. The van der Waals surface area contributed by atoms with E-state index in [2.05, 4.69) is 15.4 Å². The monoisotopic (exact) mass is 428 g/mol. The van der Waals surface area contributed by atoms with E-state index in [0.29, 0.717) is 11.3 Å². The van der Waals surface area contributed by atoms with E-state index in [1.807, 2.05) is 34.6 Å². The zero-order chi connectivity index (χ0) is 22.7. The summed E-state index contributed by atoms with van der Waals surface area (Å²) in [4.78, 5) is 16.4. The fourth-order valence-electron chi connectivity index (χ4n) is 3.32. The summed E-state index contributed by atoms with van der Waals surface area (Å²) in [5, 5.41) is 7.02. The van der Waals surface area contributed by atoms with Gasteiger partial charge in [0.25, 0.3) is 0 Å². The number of anilines is 1. The Bertz CT molecular complexity index is 867. The molecule has 1 aliphatic rings. The summed E-state index contributed by atoms with van der Waals surface area (Å²) in [7, 11) is 0. The van der Waals surface area contributed by atoms with E-state index in [4.69, 9.17) is 0 Å². The Kier molecular flexibility index (Phi) is 7.26. The van der Waals surface area contributed by atoms with Gasteiger partial charge in [-0.2, -0.15) is 18.3 Å². The largest absolute Gasteiger partial charge is 0.392 e. The van der Waals surface area contributed by atoms with Crippen molar-refractivity contribution < 1.29 is 22.4 Å². The summed E-state index contributed by atoms with van der Waals surface area (Å²) in [5.41, 5.74) is 0.672. The van der Waals surface area contributed by atoms with Crippen molar-refractivity contribution in [3.8, 4) is 11.3 Å². The maximum atomic E-state index is 13.3. The third kappa shape index (κ3) is 5.79. The fourth-order valence-corrected chi connectivity index (χ4v) is 3.32. The van der Waals surface area contributed by atoms with Crippen LogP contribution in [-0.2, 0) is 17.8 Å². The lowest BCUT2D eigenvalue weighted by atomic mass is 9.91. The first-order valence-electron chi connectivity index (χ1n) is 10.0. The number of fused-ring (bicyclic) bond motifs is 1. The molecule has 1 aliphatic heterocycles. The lowest BCUT2D eigenvalue weighted by Gasteiger charge is -2.25. The summed E-state index contributed by atoms with van der Waals surface area (Å²) in [6.07, 6.45) is -3.45. The van der Waals surface area contributed by atoms with Crippen molar-refractivity contribution in [1.82, 2.24) is 14.8 Å². The van der Waals surface area contributed by atoms with E-state index in [1.165, 1.54) is 16.8 Å². The van der Waals surface area contributed by atoms with Crippen LogP contribution in [0.15, 0.2) is 18.3 Å². The van der Waals surface area contributed by atoms with Crippen LogP contribution in [0.3, 0.4) is 0 Å². The van der Waals surface area contributed by atoms with E-state index < -0.39 is 17.9 Å². The van der Waals surface area contributed by atoms with Crippen LogP contribution in [0.1, 0.15) is 53.2 Å². The molecule has 3 rings (SSSR count). The predicted molar refractivity (Wildman–Crippen MR) is 107 cm³/mol. The zero-order valence-corrected chi connectivity index (χ0v) is 17.9. The number of halogens is 4. The molecular formula is C21H28F4N4O. The number of aryl methyl sites for hydroxylation is 1. The van der Waals surface area contributed by atoms with Gasteiger partial charge in [-0.15, -0.1) is 0 Å². The van der Waals surface area contributed by atoms with E-state index >= 15 is 0 Å². The van der Waals surface area contributed by atoms with Gasteiger partial charge in [0.1, 0.15) is 5.82 Å². The normalized spacial score (nSPS) is 16.4. The highest BCUT2D eigenvalue weighted by atomic mass is 19.4. The molecule has 30 heavy (non-hydrogen) atoms. The first-order chi connectivity index (χ1) is 13.9. The summed E-state index contributed by atoms with van der Waals surface area (Å²) in [6.45, 7) is 9.80. The quantitative estimate of drug-likeness (QED) is 0.647. The number of hydrogen-bond donors (Lipinski definition) is 1. The summed E-state index contributed by atoms with van der Waals surface area (Å²) < 4.78 is 54.5. The molecule has 5 nitrogen and oxygen atoms in total. The Balaban J connectivity index is 0.00000155. The highest BCUT2D eigenvalue weighted by Gasteiger charge is 2.43. The number of pyridine rings is 1. The molecule has 166 valence electrons. The van der Waals surface area contributed by atoms with Crippen molar-refractivity contribution in [3.05, 3.63) is 29.8 Å². The van der Waals surface area contributed by atoms with Gasteiger partial charge < -0.3 is 5.32 Å². The Morgan fingerprint density at radius 2 is 1.90 bits per heavy atom. The summed E-state index contributed by atoms with van der Waals surface area (Å²) in [6, 6.07) is 2.56. The van der Waals surface area contributed by atoms with Gasteiger partial charge in [0, 0.05) is 19.4 Å². The maximum absolute atomic E-state index is 13.3. The molecule has 0 spiro atoms. The third-order valence-corrected chi connectivity index (χ3v) is 4.58. The average molecular weight is 428 g/mol. The molecular weight excluding hydrogens is 400 g/mol. The number of nitrogens with one attached hydrogen (secondary N) is 1. The molecule has 1 amide bonds. The first kappa shape index (κ1) is 23.8. The van der Waals surface area contributed by atoms with Gasteiger partial charge in [-0.1, -0.05) is 34.6 Å². The number of aromatic nitrogens is 3. The van der Waals surface area contributed by atoms with Gasteiger partial charge in [0.2, 0.25) is 5.91 Å². The van der Waals surface area contributed by atoms with Gasteiger partial charge in [-0.25, -0.2) is 4.39 Å². The van der Waals surface area contributed by atoms with Crippen molar-refractivity contribution in [2.75, 3.05) is 5.32 Å². The zero-order valence-electron chi connectivity index (χ0n) is 17.9. The predicted octanol–water partition coefficient (Wildman–Crippen LogP) is 5.61. The third-order valence-electron chi connectivity index (χ3n) is 4.58. The second-order valence-electron chi connectivity index (χ2n) is 8.27. The van der Waals surface area contributed by atoms with Gasteiger partial charge in [0.15, 0.2) is 5.82 Å². The van der Waals surface area contributed by atoms with Crippen molar-refractivity contribution in [1.29, 1.82) is 0 Å². The maximum Gasteiger partial charge on any atom is 0.392 e. The average Bonchev–Trinajstić information content (AvgIpc) is 2.98. The first-order valence-corrected chi connectivity index (χ1v) is 10.0. The molecule has 0 aliphatic carbocycles. The van der Waals surface area contributed by atoms with Crippen LogP contribution in [0.4, 0.5) is 23.4 Å². The number of hydrogen-bond acceptors (Lipinski definition) is 3. The van der Waals surface area contributed by atoms with Crippen LogP contribution in [0.5, 0.6) is 0 Å². The molecule has 0 bridgehead atoms. The smallest absolute Gasteiger partial charge is 0.309 e. The van der Waals surface area contributed by atoms with Crippen molar-refractivity contribution in [2.24, 2.45) is 11.3 Å². The molecule has 0 radical (unpaired) electrons. The van der Waals surface area contributed by atoms with Crippen LogP contribution in [-0.4, -0.2) is 26.8 Å². The minimum Gasteiger partial charge on any atom is -0.309 e. The number of alkyl halides is 3. The molecule has 0 saturated heterocycles. The topological polar surface area (TPSA) is 59.8 Å². The van der Waals surface area contributed by atoms with Crippen LogP contribution < -0.4 is 5.32 Å². The summed E-state index contributed by atoms with van der Waals surface area (Å²) in [5.74, 6) is -2.19. The molecule has 0 saturated carbocycles. The number of carbonyl (C=O) groups is 1. The van der Waals surface area contributed by atoms with Crippen molar-refractivity contribution >= 4 is 11.7 Å². The van der Waals surface area contributed by atoms with Gasteiger partial charge >= 0.3 is 6.18 Å². The van der Waals surface area contributed by atoms with E-state index in [9.17, 15) is 22.4 Å². The number of rotatable bonds is 3. The minimum atomic E-state index is -4.32. The van der Waals surface area contributed by atoms with E-state index in [0.717, 1.165) is 6.20 Å². The lowest BCUT2D eigenvalue weighted by molar-refractivity contribution is -0.179.